The van der Waals surface area contributed by atoms with Gasteiger partial charge < -0.3 is 5.73 Å². The van der Waals surface area contributed by atoms with Crippen LogP contribution in [0.25, 0.3) is 0 Å². The summed E-state index contributed by atoms with van der Waals surface area (Å²) in [4.78, 5) is 2.60. The van der Waals surface area contributed by atoms with Gasteiger partial charge in [-0.15, -0.1) is 0 Å². The summed E-state index contributed by atoms with van der Waals surface area (Å²) in [6.07, 6.45) is 4.95. The Kier molecular flexibility index (Phi) is 6.34. The van der Waals surface area contributed by atoms with Gasteiger partial charge in [0.1, 0.15) is 0 Å². The highest BCUT2D eigenvalue weighted by atomic mass is 79.9. The van der Waals surface area contributed by atoms with E-state index in [-0.39, 0.29) is 0 Å². The number of benzene rings is 1. The molecule has 2 N–H and O–H groups in total. The molecule has 0 aromatic heterocycles. The average molecular weight is 360 g/mol. The molecule has 1 heterocycles. The molecular formula is C16H24BrClN2. The van der Waals surface area contributed by atoms with Crippen molar-refractivity contribution >= 4 is 27.5 Å². The smallest absolute Gasteiger partial charge is 0.0551 e. The van der Waals surface area contributed by atoms with E-state index in [1.807, 2.05) is 0 Å². The number of nitrogens with two attached hydrogens (primary N) is 1. The first-order valence-electron chi connectivity index (χ1n) is 7.56. The number of likely N-dealkylation sites (tertiary alicyclic amines) is 1. The first kappa shape index (κ1) is 16.3. The average Bonchev–Trinajstić information content (AvgIpc) is 2.64. The fourth-order valence-electron chi connectivity index (χ4n) is 3.28. The Labute approximate surface area is 135 Å². The Balaban J connectivity index is 2.34. The molecule has 112 valence electrons. The lowest BCUT2D eigenvalue weighted by Crippen LogP contribution is -2.36. The minimum atomic E-state index is 0.410. The summed E-state index contributed by atoms with van der Waals surface area (Å²) in [6, 6.07) is 6.76. The third kappa shape index (κ3) is 3.76. The molecule has 1 aliphatic heterocycles. The second kappa shape index (κ2) is 7.79. The summed E-state index contributed by atoms with van der Waals surface area (Å²) in [7, 11) is 0. The van der Waals surface area contributed by atoms with Crippen molar-refractivity contribution in [3.63, 3.8) is 0 Å². The number of hydrogen-bond acceptors (Lipinski definition) is 2. The van der Waals surface area contributed by atoms with Crippen molar-refractivity contribution in [3.8, 4) is 0 Å². The topological polar surface area (TPSA) is 29.3 Å². The van der Waals surface area contributed by atoms with Crippen LogP contribution in [-0.4, -0.2) is 24.5 Å². The van der Waals surface area contributed by atoms with Crippen molar-refractivity contribution in [2.45, 2.75) is 38.6 Å². The van der Waals surface area contributed by atoms with E-state index in [1.54, 1.807) is 0 Å². The minimum absolute atomic E-state index is 0.410. The molecule has 0 aliphatic carbocycles. The summed E-state index contributed by atoms with van der Waals surface area (Å²) in [5, 5.41) is 0.791. The van der Waals surface area contributed by atoms with Crippen molar-refractivity contribution in [2.75, 3.05) is 19.6 Å². The quantitative estimate of drug-likeness (QED) is 0.850. The second-order valence-electron chi connectivity index (χ2n) is 5.65. The second-order valence-corrected chi connectivity index (χ2v) is 6.91. The molecule has 2 rings (SSSR count). The van der Waals surface area contributed by atoms with E-state index in [0.29, 0.717) is 12.0 Å². The highest BCUT2D eigenvalue weighted by Gasteiger charge is 2.30. The Morgan fingerprint density at radius 1 is 1.40 bits per heavy atom. The lowest BCUT2D eigenvalue weighted by Gasteiger charge is -2.35. The highest BCUT2D eigenvalue weighted by Crippen LogP contribution is 2.37. The van der Waals surface area contributed by atoms with Crippen molar-refractivity contribution in [1.82, 2.24) is 4.90 Å². The van der Waals surface area contributed by atoms with E-state index in [9.17, 15) is 0 Å². The van der Waals surface area contributed by atoms with Crippen molar-refractivity contribution in [1.29, 1.82) is 0 Å². The van der Waals surface area contributed by atoms with Gasteiger partial charge in [0, 0.05) is 10.5 Å². The van der Waals surface area contributed by atoms with E-state index in [1.165, 1.54) is 37.8 Å². The van der Waals surface area contributed by atoms with Gasteiger partial charge >= 0.3 is 0 Å². The van der Waals surface area contributed by atoms with Crippen molar-refractivity contribution < 1.29 is 0 Å². The molecule has 1 fully saturated rings. The van der Waals surface area contributed by atoms with Crippen LogP contribution in [0.3, 0.4) is 0 Å². The van der Waals surface area contributed by atoms with Crippen LogP contribution in [0.5, 0.6) is 0 Å². The summed E-state index contributed by atoms with van der Waals surface area (Å²) < 4.78 is 0.961. The van der Waals surface area contributed by atoms with Gasteiger partial charge in [0.15, 0.2) is 0 Å². The molecule has 1 aromatic carbocycles. The standard InChI is InChI=1S/C16H24BrClN2/c1-2-8-20-9-4-3-5-13(11-19)16(20)12-6-7-14(17)15(18)10-12/h6-7,10,13,16H,2-5,8-9,11,19H2,1H3. The van der Waals surface area contributed by atoms with Gasteiger partial charge in [0.2, 0.25) is 0 Å². The Bertz CT molecular complexity index is 438. The number of nitrogens with zero attached hydrogens (tertiary/aromatic N) is 1. The van der Waals surface area contributed by atoms with Crippen LogP contribution in [0, 0.1) is 5.92 Å². The zero-order valence-corrected chi connectivity index (χ0v) is 14.5. The highest BCUT2D eigenvalue weighted by molar-refractivity contribution is 9.10. The van der Waals surface area contributed by atoms with Crippen molar-refractivity contribution in [3.05, 3.63) is 33.3 Å². The fourth-order valence-corrected chi connectivity index (χ4v) is 3.72. The Morgan fingerprint density at radius 2 is 2.20 bits per heavy atom. The van der Waals surface area contributed by atoms with Crippen LogP contribution in [0.2, 0.25) is 5.02 Å². The zero-order valence-electron chi connectivity index (χ0n) is 12.1. The maximum Gasteiger partial charge on any atom is 0.0551 e. The van der Waals surface area contributed by atoms with Gasteiger partial charge in [-0.2, -0.15) is 0 Å². The van der Waals surface area contributed by atoms with E-state index < -0.39 is 0 Å². The van der Waals surface area contributed by atoms with E-state index in [2.05, 4.69) is 46.0 Å². The van der Waals surface area contributed by atoms with Gasteiger partial charge in [-0.3, -0.25) is 4.90 Å². The largest absolute Gasteiger partial charge is 0.330 e. The minimum Gasteiger partial charge on any atom is -0.330 e. The summed E-state index contributed by atoms with van der Waals surface area (Å²) in [6.45, 7) is 5.30. The molecule has 2 unspecified atom stereocenters. The monoisotopic (exact) mass is 358 g/mol. The molecule has 2 atom stereocenters. The van der Waals surface area contributed by atoms with Crippen LogP contribution >= 0.6 is 27.5 Å². The Hall–Kier alpha value is -0.0900. The molecule has 20 heavy (non-hydrogen) atoms. The number of hydrogen-bond donors (Lipinski definition) is 1. The van der Waals surface area contributed by atoms with Gasteiger partial charge in [-0.25, -0.2) is 0 Å². The molecule has 4 heteroatoms. The van der Waals surface area contributed by atoms with Gasteiger partial charge in [-0.05, 0) is 78.4 Å². The first-order valence-corrected chi connectivity index (χ1v) is 8.73. The molecule has 0 spiro atoms. The van der Waals surface area contributed by atoms with E-state index in [4.69, 9.17) is 17.3 Å². The molecule has 1 saturated heterocycles. The van der Waals surface area contributed by atoms with E-state index in [0.717, 1.165) is 22.6 Å². The van der Waals surface area contributed by atoms with Gasteiger partial charge in [0.25, 0.3) is 0 Å². The third-order valence-corrected chi connectivity index (χ3v) is 5.44. The van der Waals surface area contributed by atoms with E-state index >= 15 is 0 Å². The summed E-state index contributed by atoms with van der Waals surface area (Å²) in [5.74, 6) is 0.529. The number of rotatable bonds is 4. The normalized spacial score (nSPS) is 24.6. The third-order valence-electron chi connectivity index (χ3n) is 4.21. The first-order chi connectivity index (χ1) is 9.67. The fraction of sp³-hybridized carbons (Fsp3) is 0.625. The molecule has 1 aliphatic rings. The summed E-state index contributed by atoms with van der Waals surface area (Å²) in [5.41, 5.74) is 7.37. The molecule has 1 aromatic rings. The molecule has 0 radical (unpaired) electrons. The van der Waals surface area contributed by atoms with Crippen molar-refractivity contribution in [2.24, 2.45) is 11.7 Å². The summed E-state index contributed by atoms with van der Waals surface area (Å²) >= 11 is 9.77. The van der Waals surface area contributed by atoms with Crippen LogP contribution in [-0.2, 0) is 0 Å². The maximum atomic E-state index is 6.29. The SMILES string of the molecule is CCCN1CCCCC(CN)C1c1ccc(Br)c(Cl)c1. The van der Waals surface area contributed by atoms with Crippen LogP contribution in [0.1, 0.15) is 44.2 Å². The zero-order chi connectivity index (χ0) is 14.5. The van der Waals surface area contributed by atoms with Crippen LogP contribution in [0.4, 0.5) is 0 Å². The molecular weight excluding hydrogens is 336 g/mol. The molecule has 0 bridgehead atoms. The molecule has 0 amide bonds. The predicted octanol–water partition coefficient (Wildman–Crippen LogP) is 4.61. The Morgan fingerprint density at radius 3 is 2.85 bits per heavy atom. The van der Waals surface area contributed by atoms with Gasteiger partial charge in [0.05, 0.1) is 5.02 Å². The molecule has 2 nitrogen and oxygen atoms in total. The lowest BCUT2D eigenvalue weighted by atomic mass is 9.89. The van der Waals surface area contributed by atoms with Crippen LogP contribution in [0.15, 0.2) is 22.7 Å². The maximum absolute atomic E-state index is 6.29. The number of halogens is 2. The molecule has 0 saturated carbocycles. The van der Waals surface area contributed by atoms with Gasteiger partial charge in [-0.1, -0.05) is 31.0 Å². The van der Waals surface area contributed by atoms with Crippen LogP contribution < -0.4 is 5.73 Å². The predicted molar refractivity (Wildman–Crippen MR) is 90.2 cm³/mol. The lowest BCUT2D eigenvalue weighted by molar-refractivity contribution is 0.158.